The van der Waals surface area contributed by atoms with Crippen LogP contribution in [0.1, 0.15) is 47.1 Å². The molecule has 0 bridgehead atoms. The summed E-state index contributed by atoms with van der Waals surface area (Å²) < 4.78 is 10.9. The zero-order valence-electron chi connectivity index (χ0n) is 12.0. The van der Waals surface area contributed by atoms with Crippen LogP contribution in [0.2, 0.25) is 0 Å². The van der Waals surface area contributed by atoms with Gasteiger partial charge in [-0.15, -0.1) is 0 Å². The van der Waals surface area contributed by atoms with Gasteiger partial charge in [0.1, 0.15) is 10.7 Å². The highest BCUT2D eigenvalue weighted by molar-refractivity contribution is 7.08. The molecule has 112 valence electrons. The first-order chi connectivity index (χ1) is 10.2. The number of aryl methyl sites for hydroxylation is 2. The Hall–Kier alpha value is -1.96. The van der Waals surface area contributed by atoms with Gasteiger partial charge in [-0.25, -0.2) is 9.67 Å². The van der Waals surface area contributed by atoms with E-state index in [1.807, 2.05) is 11.6 Å². The molecule has 0 saturated carbocycles. The lowest BCUT2D eigenvalue weighted by molar-refractivity contribution is 0.0931. The molecule has 21 heavy (non-hydrogen) atoms. The second-order valence-corrected chi connectivity index (χ2v) is 5.67. The number of nitrogens with one attached hydrogen (secondary N) is 1. The molecule has 2 aromatic heterocycles. The molecule has 0 fully saturated rings. The van der Waals surface area contributed by atoms with Gasteiger partial charge in [-0.3, -0.25) is 4.79 Å². The van der Waals surface area contributed by atoms with E-state index in [0.29, 0.717) is 10.8 Å². The Labute approximate surface area is 126 Å². The van der Waals surface area contributed by atoms with E-state index >= 15 is 0 Å². The number of methoxy groups -OCH3 is 1. The van der Waals surface area contributed by atoms with Crippen molar-refractivity contribution in [3.8, 4) is 5.88 Å². The molecular weight excluding hydrogens is 290 g/mol. The number of carbonyl (C=O) groups is 1. The van der Waals surface area contributed by atoms with E-state index in [2.05, 4.69) is 19.8 Å². The Kier molecular flexibility index (Phi) is 3.87. The third-order valence-corrected chi connectivity index (χ3v) is 4.23. The van der Waals surface area contributed by atoms with Crippen molar-refractivity contribution in [3.05, 3.63) is 22.6 Å². The number of ether oxygens (including phenoxy) is 1. The molecule has 7 nitrogen and oxygen atoms in total. The summed E-state index contributed by atoms with van der Waals surface area (Å²) in [5, 5.41) is 7.46. The van der Waals surface area contributed by atoms with E-state index in [1.54, 1.807) is 6.07 Å². The van der Waals surface area contributed by atoms with Gasteiger partial charge in [0.05, 0.1) is 13.2 Å². The Morgan fingerprint density at radius 3 is 3.19 bits per heavy atom. The number of hydrogen-bond acceptors (Lipinski definition) is 6. The third kappa shape index (κ3) is 2.76. The van der Waals surface area contributed by atoms with Gasteiger partial charge in [-0.2, -0.15) is 9.47 Å². The molecule has 1 amide bonds. The van der Waals surface area contributed by atoms with Gasteiger partial charge in [-0.05, 0) is 24.4 Å². The summed E-state index contributed by atoms with van der Waals surface area (Å²) in [5.74, 6) is 1.99. The normalized spacial score (nSPS) is 17.3. The smallest absolute Gasteiger partial charge is 0.263 e. The minimum Gasteiger partial charge on any atom is -0.480 e. The molecule has 1 aliphatic rings. The zero-order chi connectivity index (χ0) is 14.8. The molecule has 0 aromatic carbocycles. The Balaban J connectivity index is 1.76. The Morgan fingerprint density at radius 2 is 2.48 bits per heavy atom. The number of amides is 1. The predicted octanol–water partition coefficient (Wildman–Crippen LogP) is 1.57. The molecule has 1 N–H and O–H groups in total. The van der Waals surface area contributed by atoms with Crippen LogP contribution in [0.4, 0.5) is 0 Å². The lowest BCUT2D eigenvalue weighted by Crippen LogP contribution is -2.32. The van der Waals surface area contributed by atoms with Crippen molar-refractivity contribution in [2.75, 3.05) is 7.11 Å². The molecule has 3 heterocycles. The van der Waals surface area contributed by atoms with Crippen LogP contribution in [0.15, 0.2) is 6.07 Å². The lowest BCUT2D eigenvalue weighted by Gasteiger charge is -2.22. The number of carbonyl (C=O) groups excluding carboxylic acids is 1. The summed E-state index contributed by atoms with van der Waals surface area (Å²) in [6.45, 7) is 2.89. The molecule has 1 atom stereocenters. The maximum atomic E-state index is 12.3. The van der Waals surface area contributed by atoms with Crippen LogP contribution in [0, 0.1) is 0 Å². The molecule has 2 aromatic rings. The first kappa shape index (κ1) is 14.0. The van der Waals surface area contributed by atoms with E-state index in [-0.39, 0.29) is 11.9 Å². The van der Waals surface area contributed by atoms with Gasteiger partial charge in [0, 0.05) is 19.0 Å². The van der Waals surface area contributed by atoms with Crippen molar-refractivity contribution in [1.29, 1.82) is 0 Å². The van der Waals surface area contributed by atoms with Gasteiger partial charge < -0.3 is 10.1 Å². The van der Waals surface area contributed by atoms with E-state index in [4.69, 9.17) is 4.74 Å². The first-order valence-corrected chi connectivity index (χ1v) is 7.73. The topological polar surface area (TPSA) is 81.9 Å². The Bertz CT molecular complexity index is 651. The van der Waals surface area contributed by atoms with Crippen molar-refractivity contribution in [2.45, 2.75) is 38.8 Å². The Morgan fingerprint density at radius 1 is 1.62 bits per heavy atom. The average Bonchev–Trinajstić information content (AvgIpc) is 3.14. The van der Waals surface area contributed by atoms with Crippen molar-refractivity contribution in [2.24, 2.45) is 0 Å². The zero-order valence-corrected chi connectivity index (χ0v) is 12.8. The summed E-state index contributed by atoms with van der Waals surface area (Å²) in [7, 11) is 1.53. The second kappa shape index (κ2) is 5.80. The second-order valence-electron chi connectivity index (χ2n) is 4.86. The van der Waals surface area contributed by atoms with Crippen LogP contribution in [0.5, 0.6) is 5.88 Å². The van der Waals surface area contributed by atoms with Crippen LogP contribution < -0.4 is 10.1 Å². The van der Waals surface area contributed by atoms with Crippen LogP contribution >= 0.6 is 11.5 Å². The van der Waals surface area contributed by atoms with E-state index < -0.39 is 0 Å². The number of nitrogens with zero attached hydrogens (tertiary/aromatic N) is 4. The molecule has 0 radical (unpaired) electrons. The summed E-state index contributed by atoms with van der Waals surface area (Å²) in [6, 6.07) is 1.55. The summed E-state index contributed by atoms with van der Waals surface area (Å²) in [6.07, 6.45) is 2.66. The lowest BCUT2D eigenvalue weighted by atomic mass is 10.1. The molecular formula is C13H17N5O2S. The largest absolute Gasteiger partial charge is 0.480 e. The van der Waals surface area contributed by atoms with Crippen molar-refractivity contribution < 1.29 is 9.53 Å². The van der Waals surface area contributed by atoms with Crippen LogP contribution in [-0.4, -0.2) is 32.2 Å². The molecule has 0 aliphatic carbocycles. The van der Waals surface area contributed by atoms with Crippen molar-refractivity contribution in [1.82, 2.24) is 24.5 Å². The van der Waals surface area contributed by atoms with E-state index in [0.717, 1.165) is 49.0 Å². The van der Waals surface area contributed by atoms with E-state index in [9.17, 15) is 4.79 Å². The monoisotopic (exact) mass is 307 g/mol. The third-order valence-electron chi connectivity index (χ3n) is 3.46. The quantitative estimate of drug-likeness (QED) is 0.927. The fourth-order valence-corrected chi connectivity index (χ4v) is 2.99. The molecule has 3 rings (SSSR count). The minimum absolute atomic E-state index is 0.0906. The maximum absolute atomic E-state index is 12.3. The highest BCUT2D eigenvalue weighted by Crippen LogP contribution is 2.24. The first-order valence-electron chi connectivity index (χ1n) is 6.96. The number of fused-ring (bicyclic) bond motifs is 1. The average molecular weight is 307 g/mol. The number of hydrogen-bond donors (Lipinski definition) is 1. The van der Waals surface area contributed by atoms with Crippen LogP contribution in [-0.2, 0) is 13.0 Å². The standard InChI is InChI=1S/C13H17N5O2S/c1-3-10-15-12-8(5-4-6-18(12)16-10)14-13(19)9-7-11(20-2)17-21-9/h7-8H,3-6H2,1-2H3,(H,14,19)/t8-/m0/s1. The molecule has 1 aliphatic heterocycles. The predicted molar refractivity (Wildman–Crippen MR) is 77.5 cm³/mol. The highest BCUT2D eigenvalue weighted by atomic mass is 32.1. The van der Waals surface area contributed by atoms with Crippen molar-refractivity contribution >= 4 is 17.4 Å². The molecule has 0 saturated heterocycles. The van der Waals surface area contributed by atoms with Gasteiger partial charge in [0.2, 0.25) is 5.88 Å². The molecule has 0 spiro atoms. The van der Waals surface area contributed by atoms with Gasteiger partial charge in [0.25, 0.3) is 5.91 Å². The SMILES string of the molecule is CCc1nc2n(n1)CCC[C@@H]2NC(=O)c1cc(OC)ns1. The fraction of sp³-hybridized carbons (Fsp3) is 0.538. The molecule has 8 heteroatoms. The fourth-order valence-electron chi connectivity index (χ4n) is 2.38. The summed E-state index contributed by atoms with van der Waals surface area (Å²) in [5.41, 5.74) is 0. The molecule has 0 unspecified atom stereocenters. The maximum Gasteiger partial charge on any atom is 0.263 e. The van der Waals surface area contributed by atoms with Gasteiger partial charge >= 0.3 is 0 Å². The van der Waals surface area contributed by atoms with Crippen LogP contribution in [0.25, 0.3) is 0 Å². The highest BCUT2D eigenvalue weighted by Gasteiger charge is 2.26. The van der Waals surface area contributed by atoms with Gasteiger partial charge in [0.15, 0.2) is 5.82 Å². The van der Waals surface area contributed by atoms with Crippen LogP contribution in [0.3, 0.4) is 0 Å². The van der Waals surface area contributed by atoms with E-state index in [1.165, 1.54) is 7.11 Å². The number of rotatable bonds is 4. The van der Waals surface area contributed by atoms with Crippen molar-refractivity contribution in [3.63, 3.8) is 0 Å². The minimum atomic E-state index is -0.143. The summed E-state index contributed by atoms with van der Waals surface area (Å²) >= 11 is 1.13. The number of aromatic nitrogens is 4. The van der Waals surface area contributed by atoms with Gasteiger partial charge in [-0.1, -0.05) is 6.92 Å². The summed E-state index contributed by atoms with van der Waals surface area (Å²) in [4.78, 5) is 17.3.